The zero-order valence-electron chi connectivity index (χ0n) is 11.6. The maximum absolute atomic E-state index is 12.9. The fourth-order valence-electron chi connectivity index (χ4n) is 1.91. The minimum Gasteiger partial charge on any atom is -0.502 e. The second kappa shape index (κ2) is 7.17. The summed E-state index contributed by atoms with van der Waals surface area (Å²) in [5, 5.41) is 10.1. The Bertz CT molecular complexity index is 604. The monoisotopic (exact) mass is 309 g/mol. The van der Waals surface area contributed by atoms with Gasteiger partial charge < -0.3 is 9.84 Å². The molecule has 0 amide bonds. The van der Waals surface area contributed by atoms with Crippen LogP contribution in [0.2, 0.25) is 0 Å². The topological polar surface area (TPSA) is 59.4 Å². The van der Waals surface area contributed by atoms with Gasteiger partial charge in [-0.25, -0.2) is 14.2 Å². The number of ether oxygens (including phenoxy) is 1. The molecule has 0 spiro atoms. The summed E-state index contributed by atoms with van der Waals surface area (Å²) in [5.74, 6) is -1.16. The lowest BCUT2D eigenvalue weighted by Crippen LogP contribution is -2.06. The minimum absolute atomic E-state index is 0.196. The average molecular weight is 309 g/mol. The number of rotatable bonds is 5. The van der Waals surface area contributed by atoms with Crippen LogP contribution in [-0.4, -0.2) is 22.7 Å². The molecular weight excluding hydrogens is 293 g/mol. The van der Waals surface area contributed by atoms with Crippen LogP contribution >= 0.6 is 11.3 Å². The number of hydrogen-bond acceptors (Lipinski definition) is 5. The molecule has 0 fully saturated rings. The normalized spacial score (nSPS) is 18.5. The van der Waals surface area contributed by atoms with E-state index in [1.54, 1.807) is 19.2 Å². The first kappa shape index (κ1) is 15.4. The number of allylic oxidation sites excluding steroid dienone is 4. The van der Waals surface area contributed by atoms with Crippen molar-refractivity contribution >= 4 is 23.4 Å². The van der Waals surface area contributed by atoms with Crippen molar-refractivity contribution in [2.45, 2.75) is 19.8 Å². The minimum atomic E-state index is -0.759. The molecule has 1 aliphatic carbocycles. The molecule has 0 saturated heterocycles. The highest BCUT2D eigenvalue weighted by atomic mass is 32.1. The highest BCUT2D eigenvalue weighted by Gasteiger charge is 2.13. The second-order valence-corrected chi connectivity index (χ2v) is 5.71. The van der Waals surface area contributed by atoms with Crippen LogP contribution in [0, 0.1) is 5.92 Å². The van der Waals surface area contributed by atoms with E-state index in [2.05, 4.69) is 9.72 Å². The van der Waals surface area contributed by atoms with E-state index in [4.69, 9.17) is 0 Å². The molecule has 1 aromatic heterocycles. The van der Waals surface area contributed by atoms with Crippen LogP contribution in [-0.2, 0) is 16.0 Å². The first-order valence-electron chi connectivity index (χ1n) is 6.65. The van der Waals surface area contributed by atoms with Crippen LogP contribution in [0.1, 0.15) is 23.2 Å². The van der Waals surface area contributed by atoms with Gasteiger partial charge >= 0.3 is 5.97 Å². The van der Waals surface area contributed by atoms with Crippen LogP contribution in [0.25, 0.3) is 6.08 Å². The molecule has 1 N–H and O–H groups in total. The van der Waals surface area contributed by atoms with E-state index in [1.165, 1.54) is 23.5 Å². The number of aliphatic hydroxyl groups excluding tert-OH is 1. The SMILES string of the molecule is CCOC(=O)/C(O)=C/c1ncc(CC2C=CC(F)=CC2)s1. The zero-order chi connectivity index (χ0) is 15.2. The van der Waals surface area contributed by atoms with Gasteiger partial charge in [-0.05, 0) is 37.8 Å². The Balaban J connectivity index is 1.97. The third kappa shape index (κ3) is 4.53. The molecule has 1 aromatic rings. The van der Waals surface area contributed by atoms with E-state index in [1.807, 2.05) is 6.08 Å². The summed E-state index contributed by atoms with van der Waals surface area (Å²) in [6, 6.07) is 0. The molecule has 0 saturated carbocycles. The van der Waals surface area contributed by atoms with Crippen LogP contribution in [0.3, 0.4) is 0 Å². The molecule has 112 valence electrons. The first-order chi connectivity index (χ1) is 10.1. The Labute approximate surface area is 126 Å². The van der Waals surface area contributed by atoms with E-state index < -0.39 is 11.7 Å². The number of carbonyl (C=O) groups excluding carboxylic acids is 1. The molecule has 21 heavy (non-hydrogen) atoms. The van der Waals surface area contributed by atoms with Gasteiger partial charge in [0, 0.05) is 17.2 Å². The zero-order valence-corrected chi connectivity index (χ0v) is 12.4. The van der Waals surface area contributed by atoms with Gasteiger partial charge in [-0.15, -0.1) is 11.3 Å². The molecule has 6 heteroatoms. The maximum Gasteiger partial charge on any atom is 0.373 e. The molecule has 0 aliphatic heterocycles. The van der Waals surface area contributed by atoms with Crippen LogP contribution in [0.15, 0.2) is 36.0 Å². The van der Waals surface area contributed by atoms with E-state index in [-0.39, 0.29) is 18.4 Å². The van der Waals surface area contributed by atoms with E-state index in [9.17, 15) is 14.3 Å². The first-order valence-corrected chi connectivity index (χ1v) is 7.46. The van der Waals surface area contributed by atoms with Crippen molar-refractivity contribution in [3.63, 3.8) is 0 Å². The largest absolute Gasteiger partial charge is 0.502 e. The molecule has 1 aliphatic rings. The number of aromatic nitrogens is 1. The fraction of sp³-hybridized carbons (Fsp3) is 0.333. The number of esters is 1. The predicted octanol–water partition coefficient (Wildman–Crippen LogP) is 3.58. The summed E-state index contributed by atoms with van der Waals surface area (Å²) < 4.78 is 17.5. The standard InChI is InChI=1S/C15H16FNO3S/c1-2-20-15(19)13(18)8-14-17-9-12(21-14)7-10-3-5-11(16)6-4-10/h3,5-6,8-10,18H,2,4,7H2,1H3/b13-8-. The molecule has 0 aromatic carbocycles. The Hall–Kier alpha value is -1.95. The highest BCUT2D eigenvalue weighted by Crippen LogP contribution is 2.24. The van der Waals surface area contributed by atoms with Crippen molar-refractivity contribution in [3.05, 3.63) is 45.9 Å². The Morgan fingerprint density at radius 2 is 2.48 bits per heavy atom. The predicted molar refractivity (Wildman–Crippen MR) is 79.5 cm³/mol. The van der Waals surface area contributed by atoms with Gasteiger partial charge in [0.2, 0.25) is 5.76 Å². The number of nitrogens with zero attached hydrogens (tertiary/aromatic N) is 1. The number of carbonyl (C=O) groups is 1. The van der Waals surface area contributed by atoms with Gasteiger partial charge in [-0.2, -0.15) is 0 Å². The lowest BCUT2D eigenvalue weighted by molar-refractivity contribution is -0.141. The Morgan fingerprint density at radius 3 is 3.14 bits per heavy atom. The van der Waals surface area contributed by atoms with Crippen molar-refractivity contribution in [1.29, 1.82) is 0 Å². The molecule has 1 atom stereocenters. The third-order valence-corrected chi connectivity index (χ3v) is 3.89. The second-order valence-electron chi connectivity index (χ2n) is 4.56. The summed E-state index contributed by atoms with van der Waals surface area (Å²) in [6.45, 7) is 1.87. The Kier molecular flexibility index (Phi) is 5.27. The molecule has 2 rings (SSSR count). The molecule has 4 nitrogen and oxygen atoms in total. The maximum atomic E-state index is 12.9. The van der Waals surface area contributed by atoms with E-state index in [0.717, 1.165) is 11.3 Å². The van der Waals surface area contributed by atoms with Gasteiger partial charge in [0.25, 0.3) is 0 Å². The number of halogens is 1. The number of aliphatic hydroxyl groups is 1. The van der Waals surface area contributed by atoms with Gasteiger partial charge in [-0.1, -0.05) is 6.08 Å². The van der Waals surface area contributed by atoms with Crippen molar-refractivity contribution in [2.75, 3.05) is 6.61 Å². The fourth-order valence-corrected chi connectivity index (χ4v) is 2.86. The lowest BCUT2D eigenvalue weighted by atomic mass is 9.96. The molecule has 0 bridgehead atoms. The van der Waals surface area contributed by atoms with E-state index >= 15 is 0 Å². The van der Waals surface area contributed by atoms with Gasteiger partial charge in [0.15, 0.2) is 0 Å². The number of thiazole rings is 1. The third-order valence-electron chi connectivity index (χ3n) is 2.92. The average Bonchev–Trinajstić information content (AvgIpc) is 2.89. The van der Waals surface area contributed by atoms with Crippen molar-refractivity contribution in [2.24, 2.45) is 5.92 Å². The van der Waals surface area contributed by atoms with Crippen LogP contribution in [0.5, 0.6) is 0 Å². The summed E-state index contributed by atoms with van der Waals surface area (Å²) in [6.07, 6.45) is 9.31. The molecule has 1 heterocycles. The van der Waals surface area contributed by atoms with Gasteiger partial charge in [0.1, 0.15) is 10.8 Å². The van der Waals surface area contributed by atoms with Crippen molar-refractivity contribution < 1.29 is 19.0 Å². The molecule has 1 unspecified atom stereocenters. The van der Waals surface area contributed by atoms with Crippen LogP contribution in [0.4, 0.5) is 4.39 Å². The summed E-state index contributed by atoms with van der Waals surface area (Å²) in [7, 11) is 0. The molecule has 0 radical (unpaired) electrons. The van der Waals surface area contributed by atoms with Gasteiger partial charge in [-0.3, -0.25) is 0 Å². The van der Waals surface area contributed by atoms with Crippen LogP contribution < -0.4 is 0 Å². The van der Waals surface area contributed by atoms with Gasteiger partial charge in [0.05, 0.1) is 6.61 Å². The quantitative estimate of drug-likeness (QED) is 0.513. The number of hydrogen-bond donors (Lipinski definition) is 1. The van der Waals surface area contributed by atoms with E-state index in [0.29, 0.717) is 11.4 Å². The smallest absolute Gasteiger partial charge is 0.373 e. The summed E-state index contributed by atoms with van der Waals surface area (Å²) in [5.41, 5.74) is 0. The molecular formula is C15H16FNO3S. The highest BCUT2D eigenvalue weighted by molar-refractivity contribution is 7.12. The Morgan fingerprint density at radius 1 is 1.67 bits per heavy atom. The van der Waals surface area contributed by atoms with Crippen molar-refractivity contribution in [1.82, 2.24) is 4.98 Å². The summed E-state index contributed by atoms with van der Waals surface area (Å²) >= 11 is 1.39. The summed E-state index contributed by atoms with van der Waals surface area (Å²) in [4.78, 5) is 16.4. The van der Waals surface area contributed by atoms with Crippen molar-refractivity contribution in [3.8, 4) is 0 Å². The lowest BCUT2D eigenvalue weighted by Gasteiger charge is -2.11.